The first-order valence-corrected chi connectivity index (χ1v) is 4.62. The summed E-state index contributed by atoms with van der Waals surface area (Å²) in [6, 6.07) is -1.15. The Labute approximate surface area is 91.3 Å². The number of rotatable bonds is 7. The number of amides is 2. The van der Waals surface area contributed by atoms with Gasteiger partial charge < -0.3 is 26.0 Å². The van der Waals surface area contributed by atoms with E-state index >= 15 is 0 Å². The van der Waals surface area contributed by atoms with Crippen molar-refractivity contribution in [2.24, 2.45) is 0 Å². The zero-order valence-electron chi connectivity index (χ0n) is 8.47. The SMILES string of the molecule is O=C(O)NCCCC[C@H](NC(=O)O)C(=O)O. The van der Waals surface area contributed by atoms with Gasteiger partial charge in [-0.1, -0.05) is 0 Å². The number of unbranched alkanes of at least 4 members (excludes halogenated alkanes) is 1. The van der Waals surface area contributed by atoms with Crippen LogP contribution in [0.15, 0.2) is 0 Å². The molecule has 0 aromatic carbocycles. The number of carbonyl (C=O) groups is 3. The summed E-state index contributed by atoms with van der Waals surface area (Å²) in [5.74, 6) is -1.24. The summed E-state index contributed by atoms with van der Waals surface area (Å²) in [7, 11) is 0. The Morgan fingerprint density at radius 1 is 1.00 bits per heavy atom. The second-order valence-electron chi connectivity index (χ2n) is 3.07. The molecular formula is C8H14N2O6. The third-order valence-corrected chi connectivity index (χ3v) is 1.79. The van der Waals surface area contributed by atoms with Crippen LogP contribution in [0.3, 0.4) is 0 Å². The van der Waals surface area contributed by atoms with E-state index < -0.39 is 24.2 Å². The fraction of sp³-hybridized carbons (Fsp3) is 0.625. The van der Waals surface area contributed by atoms with E-state index in [1.807, 2.05) is 5.32 Å². The van der Waals surface area contributed by atoms with Crippen LogP contribution in [0.5, 0.6) is 0 Å². The van der Waals surface area contributed by atoms with Gasteiger partial charge in [-0.2, -0.15) is 0 Å². The molecule has 92 valence electrons. The lowest BCUT2D eigenvalue weighted by Gasteiger charge is -2.11. The molecule has 0 spiro atoms. The van der Waals surface area contributed by atoms with Crippen molar-refractivity contribution in [3.8, 4) is 0 Å². The molecule has 1 atom stereocenters. The van der Waals surface area contributed by atoms with Crippen molar-refractivity contribution in [2.45, 2.75) is 25.3 Å². The maximum Gasteiger partial charge on any atom is 0.405 e. The number of nitrogens with one attached hydrogen (secondary N) is 2. The van der Waals surface area contributed by atoms with Crippen LogP contribution in [0.1, 0.15) is 19.3 Å². The molecule has 0 fully saturated rings. The maximum atomic E-state index is 10.6. The van der Waals surface area contributed by atoms with Crippen LogP contribution < -0.4 is 10.6 Å². The van der Waals surface area contributed by atoms with Gasteiger partial charge in [-0.3, -0.25) is 0 Å². The van der Waals surface area contributed by atoms with E-state index in [-0.39, 0.29) is 13.0 Å². The van der Waals surface area contributed by atoms with Gasteiger partial charge >= 0.3 is 18.2 Å². The number of hydrogen-bond acceptors (Lipinski definition) is 3. The van der Waals surface area contributed by atoms with Gasteiger partial charge in [-0.15, -0.1) is 0 Å². The molecule has 0 aromatic rings. The van der Waals surface area contributed by atoms with Crippen LogP contribution in [-0.4, -0.2) is 46.1 Å². The van der Waals surface area contributed by atoms with Crippen molar-refractivity contribution >= 4 is 18.2 Å². The molecule has 0 unspecified atom stereocenters. The zero-order valence-corrected chi connectivity index (χ0v) is 8.47. The fourth-order valence-corrected chi connectivity index (χ4v) is 1.08. The fourth-order valence-electron chi connectivity index (χ4n) is 1.08. The van der Waals surface area contributed by atoms with E-state index in [1.54, 1.807) is 0 Å². The molecule has 0 bridgehead atoms. The van der Waals surface area contributed by atoms with E-state index in [0.29, 0.717) is 12.8 Å². The van der Waals surface area contributed by atoms with E-state index in [4.69, 9.17) is 15.3 Å². The first-order valence-electron chi connectivity index (χ1n) is 4.62. The summed E-state index contributed by atoms with van der Waals surface area (Å²) >= 11 is 0. The summed E-state index contributed by atoms with van der Waals surface area (Å²) in [5, 5.41) is 29.2. The van der Waals surface area contributed by atoms with Crippen LogP contribution in [0.4, 0.5) is 9.59 Å². The monoisotopic (exact) mass is 234 g/mol. The van der Waals surface area contributed by atoms with Gasteiger partial charge in [-0.25, -0.2) is 14.4 Å². The summed E-state index contributed by atoms with van der Waals surface area (Å²) in [6.07, 6.45) is -1.54. The highest BCUT2D eigenvalue weighted by atomic mass is 16.4. The molecule has 0 rings (SSSR count). The summed E-state index contributed by atoms with van der Waals surface area (Å²) in [6.45, 7) is 0.217. The van der Waals surface area contributed by atoms with Gasteiger partial charge in [0.2, 0.25) is 0 Å². The highest BCUT2D eigenvalue weighted by Crippen LogP contribution is 2.00. The van der Waals surface area contributed by atoms with Crippen molar-refractivity contribution in [2.75, 3.05) is 6.54 Å². The van der Waals surface area contributed by atoms with Crippen LogP contribution in [0.25, 0.3) is 0 Å². The highest BCUT2D eigenvalue weighted by Gasteiger charge is 2.18. The smallest absolute Gasteiger partial charge is 0.405 e. The number of carboxylic acids is 1. The highest BCUT2D eigenvalue weighted by molar-refractivity contribution is 5.79. The summed E-state index contributed by atoms with van der Waals surface area (Å²) < 4.78 is 0. The molecule has 0 aromatic heterocycles. The second-order valence-corrected chi connectivity index (χ2v) is 3.07. The molecule has 0 heterocycles. The van der Waals surface area contributed by atoms with Gasteiger partial charge in [0.25, 0.3) is 0 Å². The van der Waals surface area contributed by atoms with Crippen molar-refractivity contribution < 1.29 is 29.7 Å². The van der Waals surface area contributed by atoms with Crippen LogP contribution in [-0.2, 0) is 4.79 Å². The lowest BCUT2D eigenvalue weighted by Crippen LogP contribution is -2.39. The summed E-state index contributed by atoms with van der Waals surface area (Å²) in [5.41, 5.74) is 0. The standard InChI is InChI=1S/C8H14N2O6/c11-6(12)5(10-8(15)16)3-1-2-4-9-7(13)14/h5,9-10H,1-4H2,(H,11,12)(H,13,14)(H,15,16)/t5-/m0/s1. The van der Waals surface area contributed by atoms with Crippen molar-refractivity contribution in [1.82, 2.24) is 10.6 Å². The minimum Gasteiger partial charge on any atom is -0.480 e. The lowest BCUT2D eigenvalue weighted by molar-refractivity contribution is -0.139. The second kappa shape index (κ2) is 7.32. The molecule has 0 saturated heterocycles. The molecular weight excluding hydrogens is 220 g/mol. The van der Waals surface area contributed by atoms with Gasteiger partial charge in [-0.05, 0) is 19.3 Å². The average molecular weight is 234 g/mol. The van der Waals surface area contributed by atoms with Gasteiger partial charge in [0.15, 0.2) is 0 Å². The van der Waals surface area contributed by atoms with Crippen LogP contribution >= 0.6 is 0 Å². The first kappa shape index (κ1) is 14.0. The lowest BCUT2D eigenvalue weighted by atomic mass is 10.1. The maximum absolute atomic E-state index is 10.6. The predicted molar refractivity (Wildman–Crippen MR) is 52.5 cm³/mol. The molecule has 0 aliphatic carbocycles. The number of aliphatic carboxylic acids is 1. The Morgan fingerprint density at radius 2 is 1.62 bits per heavy atom. The number of carboxylic acid groups (broad SMARTS) is 3. The number of hydrogen-bond donors (Lipinski definition) is 5. The Bertz CT molecular complexity index is 267. The molecule has 5 N–H and O–H groups in total. The van der Waals surface area contributed by atoms with E-state index in [1.165, 1.54) is 0 Å². The van der Waals surface area contributed by atoms with E-state index in [0.717, 1.165) is 0 Å². The van der Waals surface area contributed by atoms with Gasteiger partial charge in [0.1, 0.15) is 6.04 Å². The topological polar surface area (TPSA) is 136 Å². The zero-order chi connectivity index (χ0) is 12.6. The predicted octanol–water partition coefficient (Wildman–Crippen LogP) is 0.145. The third-order valence-electron chi connectivity index (χ3n) is 1.79. The molecule has 8 heteroatoms. The molecule has 8 nitrogen and oxygen atoms in total. The Hall–Kier alpha value is -1.99. The molecule has 0 aliphatic rings. The molecule has 0 radical (unpaired) electrons. The minimum absolute atomic E-state index is 0.128. The van der Waals surface area contributed by atoms with E-state index in [9.17, 15) is 14.4 Å². The Balaban J connectivity index is 3.72. The molecule has 16 heavy (non-hydrogen) atoms. The van der Waals surface area contributed by atoms with Crippen LogP contribution in [0.2, 0.25) is 0 Å². The van der Waals surface area contributed by atoms with Gasteiger partial charge in [0.05, 0.1) is 0 Å². The first-order chi connectivity index (χ1) is 7.43. The quantitative estimate of drug-likeness (QED) is 0.397. The van der Waals surface area contributed by atoms with Crippen molar-refractivity contribution in [3.63, 3.8) is 0 Å². The Morgan fingerprint density at radius 3 is 2.06 bits per heavy atom. The van der Waals surface area contributed by atoms with E-state index in [2.05, 4.69) is 5.32 Å². The van der Waals surface area contributed by atoms with Gasteiger partial charge in [0, 0.05) is 6.54 Å². The molecule has 0 saturated carbocycles. The summed E-state index contributed by atoms with van der Waals surface area (Å²) in [4.78, 5) is 30.9. The molecule has 0 aliphatic heterocycles. The third kappa shape index (κ3) is 7.42. The minimum atomic E-state index is -1.39. The largest absolute Gasteiger partial charge is 0.480 e. The van der Waals surface area contributed by atoms with Crippen LogP contribution in [0, 0.1) is 0 Å². The molecule has 2 amide bonds. The normalized spacial score (nSPS) is 11.5. The average Bonchev–Trinajstić information content (AvgIpc) is 2.14. The van der Waals surface area contributed by atoms with Crippen molar-refractivity contribution in [3.05, 3.63) is 0 Å². The Kier molecular flexibility index (Phi) is 6.41. The van der Waals surface area contributed by atoms with Crippen molar-refractivity contribution in [1.29, 1.82) is 0 Å².